The topological polar surface area (TPSA) is 138 Å². The lowest BCUT2D eigenvalue weighted by atomic mass is 9.98. The number of carbonyl (C=O) groups is 1. The molecule has 7 rings (SSSR count). The van der Waals surface area contributed by atoms with Crippen molar-refractivity contribution in [1.82, 2.24) is 19.9 Å². The zero-order valence-corrected chi connectivity index (χ0v) is 25.0. The van der Waals surface area contributed by atoms with Gasteiger partial charge in [-0.15, -0.1) is 0 Å². The molecule has 0 aliphatic heterocycles. The molecule has 0 saturated carbocycles. The Balaban J connectivity index is 1.12. The van der Waals surface area contributed by atoms with Crippen molar-refractivity contribution in [2.24, 2.45) is 0 Å². The molecule has 222 valence electrons. The number of hydrogen-bond acceptors (Lipinski definition) is 6. The maximum atomic E-state index is 13.5. The summed E-state index contributed by atoms with van der Waals surface area (Å²) >= 11 is 0. The fraction of sp³-hybridized carbons (Fsp3) is 0.0571. The van der Waals surface area contributed by atoms with Crippen molar-refractivity contribution >= 4 is 38.0 Å². The first kappa shape index (κ1) is 28.2. The third kappa shape index (κ3) is 5.72. The zero-order chi connectivity index (χ0) is 31.3. The van der Waals surface area contributed by atoms with E-state index >= 15 is 0 Å². The average Bonchev–Trinajstić information content (AvgIpc) is 3.62. The molecule has 0 amide bonds. The SMILES string of the molecule is Cc1cc(C(=O)c2ccc(Oc3ccc(S(=O)(=O)O)cc3)cc2)cc(-c2nc3cc(-c4ccc5[nH]c(C)nc5c4)ccc3[nH]2)c1. The van der Waals surface area contributed by atoms with Crippen LogP contribution in [0.25, 0.3) is 44.6 Å². The van der Waals surface area contributed by atoms with Gasteiger partial charge in [-0.2, -0.15) is 8.42 Å². The predicted molar refractivity (Wildman–Crippen MR) is 172 cm³/mol. The number of nitrogens with one attached hydrogen (secondary N) is 2. The molecule has 0 saturated heterocycles. The van der Waals surface area contributed by atoms with Crippen LogP contribution in [0.4, 0.5) is 0 Å². The van der Waals surface area contributed by atoms with Crippen molar-refractivity contribution < 1.29 is 22.5 Å². The van der Waals surface area contributed by atoms with Crippen LogP contribution in [0, 0.1) is 13.8 Å². The lowest BCUT2D eigenvalue weighted by Gasteiger charge is -2.08. The average molecular weight is 615 g/mol. The van der Waals surface area contributed by atoms with Crippen molar-refractivity contribution in [1.29, 1.82) is 0 Å². The van der Waals surface area contributed by atoms with Crippen molar-refractivity contribution in [3.63, 3.8) is 0 Å². The van der Waals surface area contributed by atoms with Crippen LogP contribution in [0.5, 0.6) is 11.5 Å². The lowest BCUT2D eigenvalue weighted by molar-refractivity contribution is 0.103. The summed E-state index contributed by atoms with van der Waals surface area (Å²) in [7, 11) is -4.28. The number of fused-ring (bicyclic) bond motifs is 2. The molecule has 0 bridgehead atoms. The van der Waals surface area contributed by atoms with Crippen LogP contribution >= 0.6 is 0 Å². The summed E-state index contributed by atoms with van der Waals surface area (Å²) in [5, 5.41) is 0. The van der Waals surface area contributed by atoms with Crippen LogP contribution in [-0.4, -0.2) is 38.7 Å². The molecule has 7 aromatic rings. The van der Waals surface area contributed by atoms with Crippen LogP contribution in [0.2, 0.25) is 0 Å². The molecule has 3 N–H and O–H groups in total. The molecule has 0 radical (unpaired) electrons. The molecule has 0 atom stereocenters. The molecule has 2 heterocycles. The number of carbonyl (C=O) groups excluding carboxylic acids is 1. The molecular weight excluding hydrogens is 588 g/mol. The zero-order valence-electron chi connectivity index (χ0n) is 24.2. The van der Waals surface area contributed by atoms with E-state index in [1.165, 1.54) is 24.3 Å². The molecule has 45 heavy (non-hydrogen) atoms. The Kier molecular flexibility index (Phi) is 6.80. The molecule has 0 unspecified atom stereocenters. The highest BCUT2D eigenvalue weighted by Crippen LogP contribution is 2.30. The number of imidazole rings is 2. The van der Waals surface area contributed by atoms with E-state index in [0.29, 0.717) is 28.5 Å². The van der Waals surface area contributed by atoms with Crippen LogP contribution in [0.3, 0.4) is 0 Å². The Morgan fingerprint density at radius 2 is 1.27 bits per heavy atom. The highest BCUT2D eigenvalue weighted by atomic mass is 32.2. The van der Waals surface area contributed by atoms with Crippen molar-refractivity contribution in [3.05, 3.63) is 126 Å². The van der Waals surface area contributed by atoms with E-state index in [9.17, 15) is 13.2 Å². The summed E-state index contributed by atoms with van der Waals surface area (Å²) in [5.74, 6) is 2.25. The quantitative estimate of drug-likeness (QED) is 0.124. The summed E-state index contributed by atoms with van der Waals surface area (Å²) < 4.78 is 37.4. The second kappa shape index (κ2) is 10.8. The second-order valence-electron chi connectivity index (χ2n) is 10.9. The number of ketones is 1. The number of nitrogens with zero attached hydrogens (tertiary/aromatic N) is 2. The minimum absolute atomic E-state index is 0.147. The molecule has 0 aliphatic rings. The number of aromatic nitrogens is 4. The number of hydrogen-bond donors (Lipinski definition) is 3. The molecular formula is C35H26N4O5S. The van der Waals surface area contributed by atoms with Crippen LogP contribution in [0.15, 0.2) is 108 Å². The van der Waals surface area contributed by atoms with E-state index in [2.05, 4.69) is 33.2 Å². The van der Waals surface area contributed by atoms with Gasteiger partial charge in [0.1, 0.15) is 23.1 Å². The van der Waals surface area contributed by atoms with Crippen molar-refractivity contribution in [2.45, 2.75) is 18.7 Å². The lowest BCUT2D eigenvalue weighted by Crippen LogP contribution is -2.02. The molecule has 5 aromatic carbocycles. The fourth-order valence-electron chi connectivity index (χ4n) is 5.34. The van der Waals surface area contributed by atoms with Gasteiger partial charge >= 0.3 is 0 Å². The summed E-state index contributed by atoms with van der Waals surface area (Å²) in [6.45, 7) is 3.88. The largest absolute Gasteiger partial charge is 0.457 e. The summed E-state index contributed by atoms with van der Waals surface area (Å²) in [6.07, 6.45) is 0. The van der Waals surface area contributed by atoms with Gasteiger partial charge in [-0.1, -0.05) is 12.1 Å². The number of rotatable bonds is 7. The smallest absolute Gasteiger partial charge is 0.294 e. The number of aromatic amines is 2. The van der Waals surface area contributed by atoms with E-state index in [1.54, 1.807) is 24.3 Å². The van der Waals surface area contributed by atoms with Gasteiger partial charge in [0.05, 0.1) is 27.0 Å². The minimum Gasteiger partial charge on any atom is -0.457 e. The fourth-order valence-corrected chi connectivity index (χ4v) is 5.82. The first-order valence-corrected chi connectivity index (χ1v) is 15.5. The van der Waals surface area contributed by atoms with Crippen molar-refractivity contribution in [2.75, 3.05) is 0 Å². The predicted octanol–water partition coefficient (Wildman–Crippen LogP) is 7.66. The Hall–Kier alpha value is -5.58. The molecule has 0 spiro atoms. The van der Waals surface area contributed by atoms with Gasteiger partial charge in [0, 0.05) is 16.7 Å². The van der Waals surface area contributed by atoms with E-state index in [-0.39, 0.29) is 10.7 Å². The van der Waals surface area contributed by atoms with E-state index in [4.69, 9.17) is 14.3 Å². The first-order chi connectivity index (χ1) is 21.6. The van der Waals surface area contributed by atoms with E-state index in [1.807, 2.05) is 50.2 Å². The summed E-state index contributed by atoms with van der Waals surface area (Å²) in [4.78, 5) is 29.3. The molecule has 9 nitrogen and oxygen atoms in total. The van der Waals surface area contributed by atoms with Crippen LogP contribution in [-0.2, 0) is 10.1 Å². The maximum Gasteiger partial charge on any atom is 0.294 e. The Bertz CT molecular complexity index is 2360. The Morgan fingerprint density at radius 3 is 1.91 bits per heavy atom. The van der Waals surface area contributed by atoms with Crippen molar-refractivity contribution in [3.8, 4) is 34.0 Å². The van der Waals surface area contributed by atoms with E-state index in [0.717, 1.165) is 50.1 Å². The number of H-pyrrole nitrogens is 2. The molecule has 10 heteroatoms. The number of aryl methyl sites for hydroxylation is 2. The van der Waals surface area contributed by atoms with Gasteiger partial charge in [-0.25, -0.2) is 9.97 Å². The van der Waals surface area contributed by atoms with Crippen LogP contribution < -0.4 is 4.74 Å². The van der Waals surface area contributed by atoms with Gasteiger partial charge in [0.15, 0.2) is 5.78 Å². The van der Waals surface area contributed by atoms with E-state index < -0.39 is 10.1 Å². The molecule has 0 fully saturated rings. The Morgan fingerprint density at radius 1 is 0.667 bits per heavy atom. The molecule has 0 aliphatic carbocycles. The first-order valence-electron chi connectivity index (χ1n) is 14.1. The third-order valence-electron chi connectivity index (χ3n) is 7.50. The minimum atomic E-state index is -4.28. The third-order valence-corrected chi connectivity index (χ3v) is 8.37. The van der Waals surface area contributed by atoms with Gasteiger partial charge in [-0.05, 0) is 122 Å². The second-order valence-corrected chi connectivity index (χ2v) is 12.3. The van der Waals surface area contributed by atoms with Gasteiger partial charge in [0.2, 0.25) is 0 Å². The highest BCUT2D eigenvalue weighted by Gasteiger charge is 2.15. The number of ether oxygens (including phenoxy) is 1. The standard InChI is InChI=1S/C35H26N4O5S/c1-20-15-25(34(40)22-3-7-27(8-4-22)44-28-9-11-29(12-10-28)45(41,42)43)17-26(16-20)35-38-31-14-6-24(19-33(31)39-35)23-5-13-30-32(18-23)37-21(2)36-30/h3-19H,1-2H3,(H,36,37)(H,38,39)(H,41,42,43). The highest BCUT2D eigenvalue weighted by molar-refractivity contribution is 7.85. The summed E-state index contributed by atoms with van der Waals surface area (Å²) in [5.41, 5.74) is 8.45. The summed E-state index contributed by atoms with van der Waals surface area (Å²) in [6, 6.07) is 30.0. The maximum absolute atomic E-state index is 13.5. The van der Waals surface area contributed by atoms with Gasteiger partial charge in [0.25, 0.3) is 10.1 Å². The van der Waals surface area contributed by atoms with Gasteiger partial charge in [-0.3, -0.25) is 9.35 Å². The normalized spacial score (nSPS) is 11.7. The monoisotopic (exact) mass is 614 g/mol. The molecule has 2 aromatic heterocycles. The Labute approximate surface area is 258 Å². The van der Waals surface area contributed by atoms with Crippen LogP contribution in [0.1, 0.15) is 27.3 Å². The number of benzene rings is 5. The van der Waals surface area contributed by atoms with Gasteiger partial charge < -0.3 is 14.7 Å².